The largest absolute Gasteiger partial charge is 0.477 e. The SMILES string of the molecule is CCC[C@@H](CCCN)COc1ccc(F)cn1. The first-order valence-corrected chi connectivity index (χ1v) is 6.20. The Morgan fingerprint density at radius 2 is 2.24 bits per heavy atom. The number of nitrogens with zero attached hydrogens (tertiary/aromatic N) is 1. The normalized spacial score (nSPS) is 12.4. The molecule has 0 unspecified atom stereocenters. The van der Waals surface area contributed by atoms with Gasteiger partial charge in [-0.3, -0.25) is 0 Å². The first-order chi connectivity index (χ1) is 8.26. The summed E-state index contributed by atoms with van der Waals surface area (Å²) in [6.07, 6.45) is 5.52. The molecule has 0 aliphatic heterocycles. The number of hydrogen-bond acceptors (Lipinski definition) is 3. The Kier molecular flexibility index (Phi) is 6.55. The molecule has 1 atom stereocenters. The maximum Gasteiger partial charge on any atom is 0.213 e. The molecule has 1 rings (SSSR count). The second kappa shape index (κ2) is 8.01. The molecule has 1 aromatic rings. The third-order valence-electron chi connectivity index (χ3n) is 2.68. The Bertz CT molecular complexity index is 303. The minimum atomic E-state index is -0.342. The van der Waals surface area contributed by atoms with Crippen LogP contribution in [0.15, 0.2) is 18.3 Å². The van der Waals surface area contributed by atoms with Crippen LogP contribution in [0.4, 0.5) is 4.39 Å². The molecule has 0 radical (unpaired) electrons. The molecular weight excluding hydrogens is 219 g/mol. The van der Waals surface area contributed by atoms with Crippen molar-refractivity contribution < 1.29 is 9.13 Å². The van der Waals surface area contributed by atoms with E-state index in [1.165, 1.54) is 12.3 Å². The summed E-state index contributed by atoms with van der Waals surface area (Å²) in [4.78, 5) is 3.87. The van der Waals surface area contributed by atoms with Crippen molar-refractivity contribution in [1.29, 1.82) is 0 Å². The van der Waals surface area contributed by atoms with Gasteiger partial charge in [0.2, 0.25) is 5.88 Å². The Balaban J connectivity index is 2.37. The second-order valence-corrected chi connectivity index (χ2v) is 4.21. The lowest BCUT2D eigenvalue weighted by Gasteiger charge is -2.16. The smallest absolute Gasteiger partial charge is 0.213 e. The fourth-order valence-corrected chi connectivity index (χ4v) is 1.78. The topological polar surface area (TPSA) is 48.1 Å². The zero-order valence-electron chi connectivity index (χ0n) is 10.4. The number of aromatic nitrogens is 1. The fraction of sp³-hybridized carbons (Fsp3) is 0.615. The predicted molar refractivity (Wildman–Crippen MR) is 66.4 cm³/mol. The summed E-state index contributed by atoms with van der Waals surface area (Å²) < 4.78 is 18.2. The van der Waals surface area contributed by atoms with Crippen molar-refractivity contribution in [3.05, 3.63) is 24.1 Å². The number of rotatable bonds is 8. The van der Waals surface area contributed by atoms with E-state index in [-0.39, 0.29) is 5.82 Å². The molecular formula is C13H21FN2O. The van der Waals surface area contributed by atoms with Crippen LogP contribution in [0.3, 0.4) is 0 Å². The number of nitrogens with two attached hydrogens (primary N) is 1. The summed E-state index contributed by atoms with van der Waals surface area (Å²) in [6.45, 7) is 3.51. The molecule has 0 aliphatic carbocycles. The minimum Gasteiger partial charge on any atom is -0.477 e. The fourth-order valence-electron chi connectivity index (χ4n) is 1.78. The molecule has 17 heavy (non-hydrogen) atoms. The Hall–Kier alpha value is -1.16. The van der Waals surface area contributed by atoms with Gasteiger partial charge in [0.15, 0.2) is 0 Å². The molecule has 0 spiro atoms. The lowest BCUT2D eigenvalue weighted by molar-refractivity contribution is 0.221. The van der Waals surface area contributed by atoms with Crippen LogP contribution in [0.2, 0.25) is 0 Å². The van der Waals surface area contributed by atoms with E-state index in [9.17, 15) is 4.39 Å². The lowest BCUT2D eigenvalue weighted by Crippen LogP contribution is -2.14. The highest BCUT2D eigenvalue weighted by atomic mass is 19.1. The van der Waals surface area contributed by atoms with Gasteiger partial charge < -0.3 is 10.5 Å². The van der Waals surface area contributed by atoms with Gasteiger partial charge in [0.1, 0.15) is 5.82 Å². The maximum absolute atomic E-state index is 12.6. The van der Waals surface area contributed by atoms with Crippen LogP contribution >= 0.6 is 0 Å². The molecule has 1 aromatic heterocycles. The third kappa shape index (κ3) is 5.63. The molecule has 1 heterocycles. The predicted octanol–water partition coefficient (Wildman–Crippen LogP) is 2.75. The van der Waals surface area contributed by atoms with Crippen molar-refractivity contribution in [1.82, 2.24) is 4.98 Å². The quantitative estimate of drug-likeness (QED) is 0.760. The number of halogens is 1. The maximum atomic E-state index is 12.6. The number of pyridine rings is 1. The van der Waals surface area contributed by atoms with Crippen molar-refractivity contribution in [2.24, 2.45) is 11.7 Å². The number of ether oxygens (including phenoxy) is 1. The molecule has 0 saturated heterocycles. The van der Waals surface area contributed by atoms with Crippen LogP contribution in [0.1, 0.15) is 32.6 Å². The molecule has 2 N–H and O–H groups in total. The van der Waals surface area contributed by atoms with Gasteiger partial charge >= 0.3 is 0 Å². The molecule has 4 heteroatoms. The first kappa shape index (κ1) is 13.9. The molecule has 0 bridgehead atoms. The van der Waals surface area contributed by atoms with Gasteiger partial charge in [0.25, 0.3) is 0 Å². The average Bonchev–Trinajstić information content (AvgIpc) is 2.35. The highest BCUT2D eigenvalue weighted by Crippen LogP contribution is 2.15. The zero-order chi connectivity index (χ0) is 12.5. The molecule has 0 aromatic carbocycles. The summed E-state index contributed by atoms with van der Waals surface area (Å²) in [6, 6.07) is 2.91. The van der Waals surface area contributed by atoms with E-state index >= 15 is 0 Å². The van der Waals surface area contributed by atoms with Gasteiger partial charge in [-0.05, 0) is 37.8 Å². The summed E-state index contributed by atoms with van der Waals surface area (Å²) in [5, 5.41) is 0. The van der Waals surface area contributed by atoms with Crippen molar-refractivity contribution in [3.63, 3.8) is 0 Å². The van der Waals surface area contributed by atoms with Gasteiger partial charge in [-0.25, -0.2) is 9.37 Å². The van der Waals surface area contributed by atoms with Crippen LogP contribution in [-0.2, 0) is 0 Å². The Morgan fingerprint density at radius 1 is 1.41 bits per heavy atom. The van der Waals surface area contributed by atoms with Crippen LogP contribution in [0.25, 0.3) is 0 Å². The van der Waals surface area contributed by atoms with E-state index in [4.69, 9.17) is 10.5 Å². The highest BCUT2D eigenvalue weighted by molar-refractivity contribution is 5.10. The summed E-state index contributed by atoms with van der Waals surface area (Å²) >= 11 is 0. The van der Waals surface area contributed by atoms with E-state index in [2.05, 4.69) is 11.9 Å². The standard InChI is InChI=1S/C13H21FN2O/c1-2-4-11(5-3-8-15)10-17-13-7-6-12(14)9-16-13/h6-7,9,11H,2-5,8,10,15H2,1H3/t11-/m0/s1. The van der Waals surface area contributed by atoms with Crippen LogP contribution in [0, 0.1) is 11.7 Å². The second-order valence-electron chi connectivity index (χ2n) is 4.21. The van der Waals surface area contributed by atoms with E-state index < -0.39 is 0 Å². The number of hydrogen-bond donors (Lipinski definition) is 1. The van der Waals surface area contributed by atoms with Crippen molar-refractivity contribution >= 4 is 0 Å². The van der Waals surface area contributed by atoms with E-state index in [0.717, 1.165) is 32.2 Å². The average molecular weight is 240 g/mol. The third-order valence-corrected chi connectivity index (χ3v) is 2.68. The monoisotopic (exact) mass is 240 g/mol. The molecule has 0 saturated carbocycles. The highest BCUT2D eigenvalue weighted by Gasteiger charge is 2.08. The van der Waals surface area contributed by atoms with E-state index in [0.29, 0.717) is 18.4 Å². The Labute approximate surface area is 102 Å². The van der Waals surface area contributed by atoms with Crippen molar-refractivity contribution in [2.45, 2.75) is 32.6 Å². The summed E-state index contributed by atoms with van der Waals surface area (Å²) in [7, 11) is 0. The van der Waals surface area contributed by atoms with Gasteiger partial charge in [-0.15, -0.1) is 0 Å². The van der Waals surface area contributed by atoms with Gasteiger partial charge in [0, 0.05) is 6.07 Å². The van der Waals surface area contributed by atoms with Crippen molar-refractivity contribution in [2.75, 3.05) is 13.2 Å². The van der Waals surface area contributed by atoms with Gasteiger partial charge in [-0.1, -0.05) is 13.3 Å². The van der Waals surface area contributed by atoms with Gasteiger partial charge in [-0.2, -0.15) is 0 Å². The minimum absolute atomic E-state index is 0.342. The molecule has 96 valence electrons. The van der Waals surface area contributed by atoms with E-state index in [1.807, 2.05) is 0 Å². The van der Waals surface area contributed by atoms with Crippen LogP contribution in [0.5, 0.6) is 5.88 Å². The summed E-state index contributed by atoms with van der Waals surface area (Å²) in [5.41, 5.74) is 5.50. The first-order valence-electron chi connectivity index (χ1n) is 6.20. The molecule has 3 nitrogen and oxygen atoms in total. The molecule has 0 aliphatic rings. The van der Waals surface area contributed by atoms with Crippen LogP contribution < -0.4 is 10.5 Å². The zero-order valence-corrected chi connectivity index (χ0v) is 10.4. The van der Waals surface area contributed by atoms with E-state index in [1.54, 1.807) is 6.07 Å². The van der Waals surface area contributed by atoms with Crippen LogP contribution in [-0.4, -0.2) is 18.1 Å². The summed E-state index contributed by atoms with van der Waals surface area (Å²) in [5.74, 6) is 0.654. The Morgan fingerprint density at radius 3 is 2.82 bits per heavy atom. The van der Waals surface area contributed by atoms with Crippen molar-refractivity contribution in [3.8, 4) is 5.88 Å². The lowest BCUT2D eigenvalue weighted by atomic mass is 9.99. The molecule has 0 amide bonds. The molecule has 0 fully saturated rings. The van der Waals surface area contributed by atoms with Gasteiger partial charge in [0.05, 0.1) is 12.8 Å².